The molecule has 0 atom stereocenters. The maximum absolute atomic E-state index is 2.40. The van der Waals surface area contributed by atoms with E-state index in [9.17, 15) is 0 Å². The summed E-state index contributed by atoms with van der Waals surface area (Å²) < 4.78 is 1.25. The van der Waals surface area contributed by atoms with Crippen molar-refractivity contribution in [3.8, 4) is 0 Å². The van der Waals surface area contributed by atoms with E-state index in [-0.39, 0.29) is 0 Å². The fourth-order valence-corrected chi connectivity index (χ4v) is 2.57. The van der Waals surface area contributed by atoms with Crippen LogP contribution in [0.4, 0.5) is 0 Å². The number of rotatable bonds is 5. The molecule has 1 heteroatoms. The molecule has 1 saturated carbocycles. The van der Waals surface area contributed by atoms with Crippen LogP contribution >= 0.6 is 0 Å². The molecule has 0 heterocycles. The van der Waals surface area contributed by atoms with Crippen molar-refractivity contribution in [2.24, 2.45) is 5.92 Å². The molecular weight excluding hydrogens is 158 g/mol. The van der Waals surface area contributed by atoms with E-state index in [0.29, 0.717) is 0 Å². The summed E-state index contributed by atoms with van der Waals surface area (Å²) in [7, 11) is 4.79. The minimum atomic E-state index is 1.03. The van der Waals surface area contributed by atoms with Crippen molar-refractivity contribution in [2.45, 2.75) is 45.4 Å². The molecule has 0 unspecified atom stereocenters. The van der Waals surface area contributed by atoms with Gasteiger partial charge in [-0.2, -0.15) is 0 Å². The van der Waals surface area contributed by atoms with Gasteiger partial charge in [-0.1, -0.05) is 26.2 Å². The first-order valence-electron chi connectivity index (χ1n) is 5.96. The van der Waals surface area contributed by atoms with Crippen LogP contribution in [-0.4, -0.2) is 31.7 Å². The normalized spacial score (nSPS) is 19.6. The van der Waals surface area contributed by atoms with Crippen LogP contribution in [0.2, 0.25) is 0 Å². The van der Waals surface area contributed by atoms with Crippen LogP contribution in [0.15, 0.2) is 0 Å². The number of quaternary nitrogens is 1. The predicted molar refractivity (Wildman–Crippen MR) is 58.7 cm³/mol. The van der Waals surface area contributed by atoms with Crippen LogP contribution in [0.1, 0.15) is 45.4 Å². The Bertz CT molecular complexity index is 134. The zero-order valence-electron chi connectivity index (χ0n) is 9.68. The van der Waals surface area contributed by atoms with E-state index in [1.54, 1.807) is 0 Å². The molecule has 0 N–H and O–H groups in total. The van der Waals surface area contributed by atoms with Crippen molar-refractivity contribution < 1.29 is 4.48 Å². The standard InChI is InChI=1S/C12H26N/c1-4-5-10-13(2,3)11-12-8-6-7-9-12/h12H,4-11H2,1-3H3/q+1. The second kappa shape index (κ2) is 4.99. The minimum Gasteiger partial charge on any atom is -0.328 e. The van der Waals surface area contributed by atoms with E-state index < -0.39 is 0 Å². The third-order valence-corrected chi connectivity index (χ3v) is 3.34. The van der Waals surface area contributed by atoms with Crippen molar-refractivity contribution in [1.82, 2.24) is 0 Å². The van der Waals surface area contributed by atoms with E-state index >= 15 is 0 Å². The molecule has 1 fully saturated rings. The Balaban J connectivity index is 2.23. The maximum Gasteiger partial charge on any atom is 0.0811 e. The van der Waals surface area contributed by atoms with Crippen LogP contribution in [0, 0.1) is 5.92 Å². The number of nitrogens with zero attached hydrogens (tertiary/aromatic N) is 1. The summed E-state index contributed by atoms with van der Waals surface area (Å²) in [6, 6.07) is 0. The van der Waals surface area contributed by atoms with E-state index in [1.807, 2.05) is 0 Å². The molecule has 13 heavy (non-hydrogen) atoms. The molecule has 0 aliphatic heterocycles. The van der Waals surface area contributed by atoms with Gasteiger partial charge in [0.15, 0.2) is 0 Å². The summed E-state index contributed by atoms with van der Waals surface area (Å²) >= 11 is 0. The lowest BCUT2D eigenvalue weighted by Crippen LogP contribution is -2.43. The molecule has 0 aromatic rings. The van der Waals surface area contributed by atoms with Gasteiger partial charge in [0, 0.05) is 5.92 Å². The highest BCUT2D eigenvalue weighted by atomic mass is 15.3. The third-order valence-electron chi connectivity index (χ3n) is 3.34. The van der Waals surface area contributed by atoms with Crippen molar-refractivity contribution in [2.75, 3.05) is 27.2 Å². The fourth-order valence-electron chi connectivity index (χ4n) is 2.57. The first-order chi connectivity index (χ1) is 6.14. The highest BCUT2D eigenvalue weighted by Gasteiger charge is 2.24. The number of hydrogen-bond acceptors (Lipinski definition) is 0. The Morgan fingerprint density at radius 3 is 2.31 bits per heavy atom. The summed E-state index contributed by atoms with van der Waals surface area (Å²) in [5, 5.41) is 0. The molecule has 78 valence electrons. The largest absolute Gasteiger partial charge is 0.328 e. The molecule has 0 bridgehead atoms. The first-order valence-corrected chi connectivity index (χ1v) is 5.96. The average Bonchev–Trinajstić information content (AvgIpc) is 2.52. The number of unbranched alkanes of at least 4 members (excludes halogenated alkanes) is 1. The van der Waals surface area contributed by atoms with Crippen LogP contribution in [0.5, 0.6) is 0 Å². The molecule has 1 aliphatic rings. The van der Waals surface area contributed by atoms with Crippen molar-refractivity contribution in [3.63, 3.8) is 0 Å². The van der Waals surface area contributed by atoms with Crippen molar-refractivity contribution in [3.05, 3.63) is 0 Å². The summed E-state index contributed by atoms with van der Waals surface area (Å²) in [5.41, 5.74) is 0. The Kier molecular flexibility index (Phi) is 4.24. The molecule has 0 saturated heterocycles. The van der Waals surface area contributed by atoms with Crippen LogP contribution in [0.25, 0.3) is 0 Å². The third kappa shape index (κ3) is 4.12. The highest BCUT2D eigenvalue weighted by Crippen LogP contribution is 2.26. The van der Waals surface area contributed by atoms with Gasteiger partial charge in [0.25, 0.3) is 0 Å². The molecule has 0 aromatic heterocycles. The molecule has 1 aliphatic carbocycles. The van der Waals surface area contributed by atoms with Crippen LogP contribution in [0.3, 0.4) is 0 Å². The lowest BCUT2D eigenvalue weighted by Gasteiger charge is -2.32. The van der Waals surface area contributed by atoms with E-state index in [4.69, 9.17) is 0 Å². The van der Waals surface area contributed by atoms with E-state index in [0.717, 1.165) is 5.92 Å². The van der Waals surface area contributed by atoms with Gasteiger partial charge >= 0.3 is 0 Å². The number of hydrogen-bond donors (Lipinski definition) is 0. The van der Waals surface area contributed by atoms with Crippen LogP contribution in [-0.2, 0) is 0 Å². The summed E-state index contributed by atoms with van der Waals surface area (Å²) in [4.78, 5) is 0. The zero-order chi connectivity index (χ0) is 9.73. The second-order valence-corrected chi connectivity index (χ2v) is 5.35. The molecule has 1 rings (SSSR count). The Morgan fingerprint density at radius 1 is 1.15 bits per heavy atom. The maximum atomic E-state index is 2.40. The van der Waals surface area contributed by atoms with Gasteiger partial charge in [0.2, 0.25) is 0 Å². The smallest absolute Gasteiger partial charge is 0.0811 e. The quantitative estimate of drug-likeness (QED) is 0.576. The summed E-state index contributed by atoms with van der Waals surface area (Å²) in [5.74, 6) is 1.03. The predicted octanol–water partition coefficient (Wildman–Crippen LogP) is 3.05. The molecule has 0 amide bonds. The monoisotopic (exact) mass is 184 g/mol. The summed E-state index contributed by atoms with van der Waals surface area (Å²) in [6.45, 7) is 5.07. The van der Waals surface area contributed by atoms with Gasteiger partial charge in [-0.25, -0.2) is 0 Å². The first kappa shape index (κ1) is 11.0. The lowest BCUT2D eigenvalue weighted by atomic mass is 10.1. The average molecular weight is 184 g/mol. The fraction of sp³-hybridized carbons (Fsp3) is 1.00. The Morgan fingerprint density at radius 2 is 1.77 bits per heavy atom. The molecule has 0 spiro atoms. The topological polar surface area (TPSA) is 0 Å². The Labute approximate surface area is 83.7 Å². The van der Waals surface area contributed by atoms with Crippen molar-refractivity contribution >= 4 is 0 Å². The van der Waals surface area contributed by atoms with E-state index in [1.165, 1.54) is 56.1 Å². The van der Waals surface area contributed by atoms with Gasteiger partial charge in [-0.05, 0) is 19.3 Å². The van der Waals surface area contributed by atoms with Gasteiger partial charge in [-0.15, -0.1) is 0 Å². The van der Waals surface area contributed by atoms with Gasteiger partial charge in [0.05, 0.1) is 27.2 Å². The van der Waals surface area contributed by atoms with Crippen molar-refractivity contribution in [1.29, 1.82) is 0 Å². The lowest BCUT2D eigenvalue weighted by molar-refractivity contribution is -0.893. The summed E-state index contributed by atoms with van der Waals surface area (Å²) in [6.07, 6.45) is 8.69. The Hall–Kier alpha value is -0.0400. The molecule has 0 aromatic carbocycles. The van der Waals surface area contributed by atoms with Gasteiger partial charge in [0.1, 0.15) is 0 Å². The highest BCUT2D eigenvalue weighted by molar-refractivity contribution is 4.66. The SMILES string of the molecule is CCCC[N+](C)(C)CC1CCCC1. The van der Waals surface area contributed by atoms with Gasteiger partial charge in [-0.3, -0.25) is 0 Å². The van der Waals surface area contributed by atoms with Gasteiger partial charge < -0.3 is 4.48 Å². The van der Waals surface area contributed by atoms with Crippen LogP contribution < -0.4 is 0 Å². The molecular formula is C12H26N+. The molecule has 0 radical (unpaired) electrons. The van der Waals surface area contributed by atoms with E-state index in [2.05, 4.69) is 21.0 Å². The zero-order valence-corrected chi connectivity index (χ0v) is 9.68. The second-order valence-electron chi connectivity index (χ2n) is 5.35. The minimum absolute atomic E-state index is 1.03. The molecule has 1 nitrogen and oxygen atoms in total.